The van der Waals surface area contributed by atoms with Gasteiger partial charge in [0.25, 0.3) is 0 Å². The minimum atomic E-state index is -0.261. The van der Waals surface area contributed by atoms with Gasteiger partial charge in [0.1, 0.15) is 5.82 Å². The maximum Gasteiger partial charge on any atom is 0.227 e. The van der Waals surface area contributed by atoms with E-state index in [9.17, 15) is 4.79 Å². The van der Waals surface area contributed by atoms with Crippen LogP contribution >= 0.6 is 24.8 Å². The van der Waals surface area contributed by atoms with Crippen LogP contribution in [0.15, 0.2) is 36.7 Å². The molecule has 1 aromatic heterocycles. The first kappa shape index (κ1) is 21.4. The van der Waals surface area contributed by atoms with Crippen molar-refractivity contribution in [3.05, 3.63) is 36.7 Å². The predicted molar refractivity (Wildman–Crippen MR) is 96.2 cm³/mol. The van der Waals surface area contributed by atoms with E-state index in [0.29, 0.717) is 6.54 Å². The van der Waals surface area contributed by atoms with E-state index in [1.165, 1.54) is 0 Å². The van der Waals surface area contributed by atoms with Gasteiger partial charge in [-0.1, -0.05) is 12.1 Å². The van der Waals surface area contributed by atoms with Crippen LogP contribution in [0.5, 0.6) is 0 Å². The maximum atomic E-state index is 11.9. The number of carbonyl (C=O) groups excluding carboxylic acids is 1. The Bertz CT molecular complexity index is 615. The van der Waals surface area contributed by atoms with Gasteiger partial charge in [-0.15, -0.1) is 24.8 Å². The number of imidazole rings is 1. The van der Waals surface area contributed by atoms with Crippen molar-refractivity contribution in [1.29, 1.82) is 0 Å². The van der Waals surface area contributed by atoms with Crippen molar-refractivity contribution >= 4 is 36.4 Å². The summed E-state index contributed by atoms with van der Waals surface area (Å²) in [6, 6.07) is 7.57. The maximum absolute atomic E-state index is 11.9. The van der Waals surface area contributed by atoms with Crippen LogP contribution in [0.3, 0.4) is 0 Å². The second kappa shape index (κ2) is 10.2. The molecule has 0 fully saturated rings. The molecule has 23 heavy (non-hydrogen) atoms. The fraction of sp³-hybridized carbons (Fsp3) is 0.333. The Hall–Kier alpha value is -1.60. The Morgan fingerprint density at radius 3 is 2.74 bits per heavy atom. The van der Waals surface area contributed by atoms with E-state index in [1.807, 2.05) is 42.1 Å². The van der Waals surface area contributed by atoms with Crippen molar-refractivity contribution in [1.82, 2.24) is 9.55 Å². The number of rotatable bonds is 6. The Labute approximate surface area is 148 Å². The summed E-state index contributed by atoms with van der Waals surface area (Å²) in [5.41, 5.74) is 7.19. The Morgan fingerprint density at radius 2 is 2.17 bits per heavy atom. The first-order chi connectivity index (χ1) is 10.1. The molecule has 0 saturated carbocycles. The summed E-state index contributed by atoms with van der Waals surface area (Å²) in [6.07, 6.45) is 3.60. The van der Waals surface area contributed by atoms with Gasteiger partial charge in [0.05, 0.1) is 12.5 Å². The third-order valence-electron chi connectivity index (χ3n) is 3.24. The van der Waals surface area contributed by atoms with Gasteiger partial charge in [-0.05, 0) is 12.1 Å². The number of carbonyl (C=O) groups is 1. The smallest absolute Gasteiger partial charge is 0.227 e. The molecule has 2 rings (SSSR count). The highest BCUT2D eigenvalue weighted by molar-refractivity contribution is 5.91. The standard InChI is InChI=1S/C15H20N4O2.2ClH/c1-19-7-6-17-15(19)11-4-3-5-12(8-11)18-14(20)9-13(10-16)21-2;;/h3-8,13H,9-10,16H2,1-2H3,(H,18,20);2*1H. The molecule has 1 aromatic carbocycles. The number of hydrogen-bond donors (Lipinski definition) is 2. The van der Waals surface area contributed by atoms with Crippen LogP contribution in [0.1, 0.15) is 6.42 Å². The molecule has 1 amide bonds. The van der Waals surface area contributed by atoms with Gasteiger partial charge in [0.15, 0.2) is 0 Å². The summed E-state index contributed by atoms with van der Waals surface area (Å²) in [5, 5.41) is 2.85. The number of methoxy groups -OCH3 is 1. The van der Waals surface area contributed by atoms with E-state index in [2.05, 4.69) is 10.3 Å². The lowest BCUT2D eigenvalue weighted by molar-refractivity contribution is -0.118. The molecule has 6 nitrogen and oxygen atoms in total. The molecule has 0 radical (unpaired) electrons. The van der Waals surface area contributed by atoms with Crippen molar-refractivity contribution in [2.24, 2.45) is 12.8 Å². The second-order valence-corrected chi connectivity index (χ2v) is 4.79. The largest absolute Gasteiger partial charge is 0.380 e. The highest BCUT2D eigenvalue weighted by atomic mass is 35.5. The quantitative estimate of drug-likeness (QED) is 0.827. The summed E-state index contributed by atoms with van der Waals surface area (Å²) in [5.74, 6) is 0.729. The highest BCUT2D eigenvalue weighted by Crippen LogP contribution is 2.20. The van der Waals surface area contributed by atoms with Crippen LogP contribution in [-0.4, -0.2) is 35.2 Å². The molecule has 1 atom stereocenters. The lowest BCUT2D eigenvalue weighted by Gasteiger charge is -2.13. The van der Waals surface area contributed by atoms with Crippen LogP contribution < -0.4 is 11.1 Å². The van der Waals surface area contributed by atoms with Crippen molar-refractivity contribution in [3.8, 4) is 11.4 Å². The van der Waals surface area contributed by atoms with Crippen LogP contribution in [0.2, 0.25) is 0 Å². The molecule has 3 N–H and O–H groups in total. The molecule has 8 heteroatoms. The zero-order valence-corrected chi connectivity index (χ0v) is 14.7. The summed E-state index contributed by atoms with van der Waals surface area (Å²) in [4.78, 5) is 16.2. The Morgan fingerprint density at radius 1 is 1.43 bits per heavy atom. The molecule has 1 unspecified atom stereocenters. The number of halogens is 2. The number of ether oxygens (including phenoxy) is 1. The fourth-order valence-corrected chi connectivity index (χ4v) is 2.06. The van der Waals surface area contributed by atoms with Gasteiger partial charge in [-0.2, -0.15) is 0 Å². The molecule has 1 heterocycles. The lowest BCUT2D eigenvalue weighted by atomic mass is 10.1. The molecule has 0 saturated heterocycles. The average Bonchev–Trinajstić information content (AvgIpc) is 2.91. The van der Waals surface area contributed by atoms with Gasteiger partial charge in [0.2, 0.25) is 5.91 Å². The SMILES string of the molecule is COC(CN)CC(=O)Nc1cccc(-c2nccn2C)c1.Cl.Cl. The topological polar surface area (TPSA) is 82.2 Å². The van der Waals surface area contributed by atoms with Gasteiger partial charge < -0.3 is 20.4 Å². The van der Waals surface area contributed by atoms with Crippen molar-refractivity contribution < 1.29 is 9.53 Å². The van der Waals surface area contributed by atoms with Crippen LogP contribution in [-0.2, 0) is 16.6 Å². The Kier molecular flexibility index (Phi) is 9.52. The number of amides is 1. The molecule has 128 valence electrons. The number of benzene rings is 1. The van der Waals surface area contributed by atoms with E-state index in [1.54, 1.807) is 13.3 Å². The molecule has 0 aliphatic rings. The monoisotopic (exact) mass is 360 g/mol. The minimum absolute atomic E-state index is 0. The fourth-order valence-electron chi connectivity index (χ4n) is 2.06. The zero-order chi connectivity index (χ0) is 15.2. The summed E-state index contributed by atoms with van der Waals surface area (Å²) in [7, 11) is 3.48. The third-order valence-corrected chi connectivity index (χ3v) is 3.24. The zero-order valence-electron chi connectivity index (χ0n) is 13.1. The van der Waals surface area contributed by atoms with Crippen LogP contribution in [0, 0.1) is 0 Å². The number of nitrogens with two attached hydrogens (primary N) is 1. The van der Waals surface area contributed by atoms with Crippen molar-refractivity contribution in [2.75, 3.05) is 19.0 Å². The molecule has 0 aliphatic carbocycles. The number of nitrogens with zero attached hydrogens (tertiary/aromatic N) is 2. The summed E-state index contributed by atoms with van der Waals surface area (Å²) < 4.78 is 7.03. The van der Waals surface area contributed by atoms with Gasteiger partial charge >= 0.3 is 0 Å². The van der Waals surface area contributed by atoms with E-state index < -0.39 is 0 Å². The number of nitrogens with one attached hydrogen (secondary N) is 1. The first-order valence-electron chi connectivity index (χ1n) is 6.74. The summed E-state index contributed by atoms with van der Waals surface area (Å²) in [6.45, 7) is 0.317. The molecular formula is C15H22Cl2N4O2. The normalized spacial score (nSPS) is 11.1. The van der Waals surface area contributed by atoms with Crippen LogP contribution in [0.4, 0.5) is 5.69 Å². The molecule has 0 spiro atoms. The Balaban J connectivity index is 0.00000242. The number of aromatic nitrogens is 2. The minimum Gasteiger partial charge on any atom is -0.380 e. The highest BCUT2D eigenvalue weighted by Gasteiger charge is 2.12. The lowest BCUT2D eigenvalue weighted by Crippen LogP contribution is -2.28. The predicted octanol–water partition coefficient (Wildman–Crippen LogP) is 2.23. The van der Waals surface area contributed by atoms with Gasteiger partial charge in [-0.25, -0.2) is 4.98 Å². The molecule has 0 aliphatic heterocycles. The van der Waals surface area contributed by atoms with E-state index in [4.69, 9.17) is 10.5 Å². The van der Waals surface area contributed by atoms with E-state index in [-0.39, 0.29) is 43.2 Å². The first-order valence-corrected chi connectivity index (χ1v) is 6.74. The molecular weight excluding hydrogens is 339 g/mol. The number of anilines is 1. The van der Waals surface area contributed by atoms with Crippen molar-refractivity contribution in [2.45, 2.75) is 12.5 Å². The van der Waals surface area contributed by atoms with E-state index in [0.717, 1.165) is 17.1 Å². The number of hydrogen-bond acceptors (Lipinski definition) is 4. The number of aryl methyl sites for hydroxylation is 1. The van der Waals surface area contributed by atoms with Gasteiger partial charge in [-0.3, -0.25) is 4.79 Å². The van der Waals surface area contributed by atoms with Crippen LogP contribution in [0.25, 0.3) is 11.4 Å². The molecule has 2 aromatic rings. The second-order valence-electron chi connectivity index (χ2n) is 4.79. The summed E-state index contributed by atoms with van der Waals surface area (Å²) >= 11 is 0. The van der Waals surface area contributed by atoms with Gasteiger partial charge in [0, 0.05) is 44.3 Å². The van der Waals surface area contributed by atoms with E-state index >= 15 is 0 Å². The third kappa shape index (κ3) is 5.84. The molecule has 0 bridgehead atoms. The van der Waals surface area contributed by atoms with Crippen molar-refractivity contribution in [3.63, 3.8) is 0 Å². The average molecular weight is 361 g/mol.